The molecule has 170 valence electrons. The number of amides is 1. The number of piperidine rings is 1. The monoisotopic (exact) mass is 435 g/mol. The van der Waals surface area contributed by atoms with E-state index in [9.17, 15) is 4.79 Å². The predicted octanol–water partition coefficient (Wildman–Crippen LogP) is 4.42. The van der Waals surface area contributed by atoms with Crippen molar-refractivity contribution in [2.24, 2.45) is 11.0 Å². The number of carbonyl (C=O) groups is 1. The summed E-state index contributed by atoms with van der Waals surface area (Å²) >= 11 is 0. The van der Waals surface area contributed by atoms with Gasteiger partial charge in [0.15, 0.2) is 0 Å². The third-order valence-corrected chi connectivity index (χ3v) is 6.67. The van der Waals surface area contributed by atoms with Gasteiger partial charge in [-0.15, -0.1) is 0 Å². The van der Waals surface area contributed by atoms with Crippen molar-refractivity contribution >= 4 is 11.6 Å². The molecule has 0 bridgehead atoms. The molecule has 0 N–H and O–H groups in total. The number of hydrogen-bond acceptors (Lipinski definition) is 5. The van der Waals surface area contributed by atoms with Crippen molar-refractivity contribution in [1.29, 1.82) is 0 Å². The van der Waals surface area contributed by atoms with Crippen LogP contribution in [0.4, 0.5) is 0 Å². The second kappa shape index (κ2) is 9.74. The molecular weight excluding hydrogens is 402 g/mol. The predicted molar refractivity (Wildman–Crippen MR) is 126 cm³/mol. The minimum Gasteiger partial charge on any atom is -0.497 e. The van der Waals surface area contributed by atoms with Crippen molar-refractivity contribution in [3.05, 3.63) is 59.2 Å². The highest BCUT2D eigenvalue weighted by molar-refractivity contribution is 6.05. The summed E-state index contributed by atoms with van der Waals surface area (Å²) in [5, 5.41) is 6.56. The van der Waals surface area contributed by atoms with Gasteiger partial charge in [0.25, 0.3) is 5.91 Å². The lowest BCUT2D eigenvalue weighted by atomic mass is 9.95. The number of aryl methyl sites for hydroxylation is 1. The number of methoxy groups -OCH3 is 2. The van der Waals surface area contributed by atoms with Crippen LogP contribution in [0.3, 0.4) is 0 Å². The van der Waals surface area contributed by atoms with E-state index in [-0.39, 0.29) is 11.9 Å². The van der Waals surface area contributed by atoms with Crippen molar-refractivity contribution in [1.82, 2.24) is 9.91 Å². The minimum absolute atomic E-state index is 0.0512. The summed E-state index contributed by atoms with van der Waals surface area (Å²) in [5.41, 5.74) is 4.06. The molecule has 2 aliphatic rings. The average molecular weight is 436 g/mol. The summed E-state index contributed by atoms with van der Waals surface area (Å²) in [7, 11) is 3.28. The molecule has 0 radical (unpaired) electrons. The van der Waals surface area contributed by atoms with E-state index < -0.39 is 0 Å². The van der Waals surface area contributed by atoms with Crippen LogP contribution in [-0.4, -0.2) is 55.4 Å². The second-order valence-electron chi connectivity index (χ2n) is 8.89. The largest absolute Gasteiger partial charge is 0.497 e. The van der Waals surface area contributed by atoms with E-state index in [1.807, 2.05) is 30.3 Å². The zero-order valence-electron chi connectivity index (χ0n) is 19.5. The van der Waals surface area contributed by atoms with Crippen LogP contribution in [0, 0.1) is 12.8 Å². The maximum Gasteiger partial charge on any atom is 0.257 e. The lowest BCUT2D eigenvalue weighted by Crippen LogP contribution is -2.41. The maximum atomic E-state index is 13.4. The quantitative estimate of drug-likeness (QED) is 0.674. The summed E-state index contributed by atoms with van der Waals surface area (Å²) in [6.45, 7) is 6.73. The van der Waals surface area contributed by atoms with Gasteiger partial charge in [0.05, 0.1) is 32.5 Å². The van der Waals surface area contributed by atoms with Crippen LogP contribution in [0.2, 0.25) is 0 Å². The Labute approximate surface area is 190 Å². The van der Waals surface area contributed by atoms with Gasteiger partial charge < -0.3 is 9.47 Å². The lowest BCUT2D eigenvalue weighted by Gasteiger charge is -2.31. The molecule has 0 spiro atoms. The molecule has 32 heavy (non-hydrogen) atoms. The molecule has 1 fully saturated rings. The van der Waals surface area contributed by atoms with E-state index in [1.54, 1.807) is 19.2 Å². The number of likely N-dealkylation sites (tertiary alicyclic amines) is 1. The van der Waals surface area contributed by atoms with E-state index in [0.29, 0.717) is 18.7 Å². The van der Waals surface area contributed by atoms with Crippen LogP contribution in [0.5, 0.6) is 11.5 Å². The molecule has 1 saturated heterocycles. The molecule has 6 heteroatoms. The van der Waals surface area contributed by atoms with Gasteiger partial charge in [0.2, 0.25) is 0 Å². The molecule has 1 amide bonds. The third kappa shape index (κ3) is 4.65. The first-order valence-corrected chi connectivity index (χ1v) is 11.4. The summed E-state index contributed by atoms with van der Waals surface area (Å²) in [6.07, 6.45) is 2.94. The van der Waals surface area contributed by atoms with Crippen LogP contribution in [-0.2, 0) is 4.79 Å². The van der Waals surface area contributed by atoms with Crippen molar-refractivity contribution in [2.75, 3.05) is 33.9 Å². The smallest absolute Gasteiger partial charge is 0.257 e. The Hall–Kier alpha value is -2.86. The second-order valence-corrected chi connectivity index (χ2v) is 8.89. The van der Waals surface area contributed by atoms with Crippen LogP contribution < -0.4 is 9.47 Å². The van der Waals surface area contributed by atoms with Crippen molar-refractivity contribution in [3.8, 4) is 11.5 Å². The Kier molecular flexibility index (Phi) is 6.80. The number of hydrogen-bond donors (Lipinski definition) is 0. The Morgan fingerprint density at radius 3 is 2.53 bits per heavy atom. The summed E-state index contributed by atoms with van der Waals surface area (Å²) < 4.78 is 11.0. The highest BCUT2D eigenvalue weighted by Gasteiger charge is 2.35. The average Bonchev–Trinajstić information content (AvgIpc) is 3.25. The Morgan fingerprint density at radius 1 is 1.09 bits per heavy atom. The first kappa shape index (κ1) is 22.3. The molecule has 2 aliphatic heterocycles. The molecule has 1 unspecified atom stereocenters. The van der Waals surface area contributed by atoms with Crippen molar-refractivity contribution in [3.63, 3.8) is 0 Å². The maximum absolute atomic E-state index is 13.4. The van der Waals surface area contributed by atoms with E-state index >= 15 is 0 Å². The van der Waals surface area contributed by atoms with E-state index in [2.05, 4.69) is 30.9 Å². The third-order valence-electron chi connectivity index (χ3n) is 6.67. The molecule has 0 aliphatic carbocycles. The van der Waals surface area contributed by atoms with Crippen molar-refractivity contribution < 1.29 is 14.3 Å². The van der Waals surface area contributed by atoms with Gasteiger partial charge in [-0.2, -0.15) is 5.10 Å². The summed E-state index contributed by atoms with van der Waals surface area (Å²) in [5.74, 6) is 2.22. The molecule has 4 rings (SSSR count). The fraction of sp³-hybridized carbons (Fsp3) is 0.462. The fourth-order valence-electron chi connectivity index (χ4n) is 4.63. The van der Waals surface area contributed by atoms with Gasteiger partial charge >= 0.3 is 0 Å². The normalized spacial score (nSPS) is 19.7. The lowest BCUT2D eigenvalue weighted by molar-refractivity contribution is -0.134. The molecule has 2 aromatic carbocycles. The number of nitrogens with zero attached hydrogens (tertiary/aromatic N) is 3. The number of hydrazone groups is 1. The minimum atomic E-state index is -0.116. The van der Waals surface area contributed by atoms with Gasteiger partial charge in [-0.1, -0.05) is 31.2 Å². The first-order chi connectivity index (χ1) is 15.5. The van der Waals surface area contributed by atoms with E-state index in [4.69, 9.17) is 14.6 Å². The van der Waals surface area contributed by atoms with Crippen LogP contribution in [0.15, 0.2) is 47.6 Å². The van der Waals surface area contributed by atoms with Gasteiger partial charge in [-0.3, -0.25) is 9.69 Å². The number of ether oxygens (including phenoxy) is 2. The van der Waals surface area contributed by atoms with E-state index in [1.165, 1.54) is 5.56 Å². The molecule has 6 nitrogen and oxygen atoms in total. The Morgan fingerprint density at radius 2 is 1.84 bits per heavy atom. The Balaban J connectivity index is 1.64. The van der Waals surface area contributed by atoms with Crippen LogP contribution >= 0.6 is 0 Å². The molecule has 1 atom stereocenters. The highest BCUT2D eigenvalue weighted by atomic mass is 16.5. The molecule has 2 aromatic rings. The molecule has 0 aromatic heterocycles. The highest BCUT2D eigenvalue weighted by Crippen LogP contribution is 2.37. The van der Waals surface area contributed by atoms with Gasteiger partial charge in [0.1, 0.15) is 11.5 Å². The standard InChI is InChI=1S/C26H33N3O3/c1-18-11-13-28(14-12-18)17-26(30)29-24(21-8-6-5-7-19(21)2)16-23(27-29)22-10-9-20(31-3)15-25(22)32-4/h5-10,15,18,24H,11-14,16-17H2,1-4H3. The van der Waals surface area contributed by atoms with Crippen LogP contribution in [0.25, 0.3) is 0 Å². The number of benzene rings is 2. The summed E-state index contributed by atoms with van der Waals surface area (Å²) in [6, 6.07) is 13.9. The van der Waals surface area contributed by atoms with Gasteiger partial charge in [0, 0.05) is 18.1 Å². The first-order valence-electron chi connectivity index (χ1n) is 11.4. The fourth-order valence-corrected chi connectivity index (χ4v) is 4.63. The van der Waals surface area contributed by atoms with Crippen LogP contribution in [0.1, 0.15) is 48.9 Å². The zero-order valence-corrected chi connectivity index (χ0v) is 19.5. The van der Waals surface area contributed by atoms with Gasteiger partial charge in [-0.05, 0) is 62.0 Å². The van der Waals surface area contributed by atoms with Crippen molar-refractivity contribution in [2.45, 2.75) is 39.2 Å². The number of rotatable bonds is 6. The topological polar surface area (TPSA) is 54.4 Å². The molecular formula is C26H33N3O3. The summed E-state index contributed by atoms with van der Waals surface area (Å²) in [4.78, 5) is 15.7. The van der Waals surface area contributed by atoms with Gasteiger partial charge in [-0.25, -0.2) is 5.01 Å². The van der Waals surface area contributed by atoms with E-state index in [0.717, 1.165) is 54.4 Å². The molecule has 2 heterocycles. The molecule has 0 saturated carbocycles. The number of carbonyl (C=O) groups excluding carboxylic acids is 1. The zero-order chi connectivity index (χ0) is 22.7. The Bertz CT molecular complexity index is 996. The SMILES string of the molecule is COc1ccc(C2=NN(C(=O)CN3CCC(C)CC3)C(c3ccccc3C)C2)c(OC)c1.